The standard InChI is InChI=1S/C22H23NO2S3/c1-19-13-15-22(16-14-19)28(24,25)23-27(21-11-7-4-8-12-21)18-17-26(2)20-9-5-3-6-10-20/h3-16H,2,17-18H2,1H3. The lowest BCUT2D eigenvalue weighted by molar-refractivity contribution is 0.598. The van der Waals surface area contributed by atoms with Gasteiger partial charge in [0.2, 0.25) is 0 Å². The van der Waals surface area contributed by atoms with Crippen LogP contribution in [0.4, 0.5) is 0 Å². The minimum atomic E-state index is -3.72. The Bertz CT molecular complexity index is 1080. The van der Waals surface area contributed by atoms with Crippen molar-refractivity contribution in [3.63, 3.8) is 0 Å². The van der Waals surface area contributed by atoms with Crippen molar-refractivity contribution in [2.75, 3.05) is 11.5 Å². The van der Waals surface area contributed by atoms with Gasteiger partial charge in [0.05, 0.1) is 4.90 Å². The summed E-state index contributed by atoms with van der Waals surface area (Å²) >= 11 is 0. The molecule has 0 spiro atoms. The summed E-state index contributed by atoms with van der Waals surface area (Å²) < 4.78 is 30.1. The number of nitrogens with zero attached hydrogens (tertiary/aromatic N) is 1. The second-order valence-corrected chi connectivity index (χ2v) is 11.7. The SMILES string of the molecule is C=S(CCS(=NS(=O)(=O)c1ccc(C)cc1)c1ccccc1)c1ccccc1. The number of aryl methyl sites for hydroxylation is 1. The molecule has 0 aromatic heterocycles. The summed E-state index contributed by atoms with van der Waals surface area (Å²) in [6.45, 7) is 1.93. The number of rotatable bonds is 7. The first kappa shape index (κ1) is 20.7. The van der Waals surface area contributed by atoms with Crippen LogP contribution >= 0.6 is 10.5 Å². The fraction of sp³-hybridized carbons (Fsp3) is 0.136. The van der Waals surface area contributed by atoms with Crippen LogP contribution in [-0.4, -0.2) is 25.8 Å². The van der Waals surface area contributed by atoms with Gasteiger partial charge in [0.15, 0.2) is 0 Å². The van der Waals surface area contributed by atoms with E-state index in [9.17, 15) is 8.42 Å². The molecule has 2 atom stereocenters. The lowest BCUT2D eigenvalue weighted by atomic mass is 10.2. The van der Waals surface area contributed by atoms with Gasteiger partial charge in [-0.15, -0.1) is 3.77 Å². The van der Waals surface area contributed by atoms with E-state index in [1.807, 2.05) is 55.5 Å². The zero-order valence-electron chi connectivity index (χ0n) is 15.7. The Morgan fingerprint density at radius 1 is 0.786 bits per heavy atom. The molecule has 0 aliphatic carbocycles. The van der Waals surface area contributed by atoms with Gasteiger partial charge < -0.3 is 0 Å². The van der Waals surface area contributed by atoms with Crippen molar-refractivity contribution in [2.45, 2.75) is 21.6 Å². The number of hydrogen-bond donors (Lipinski definition) is 0. The molecule has 0 saturated heterocycles. The maximum absolute atomic E-state index is 12.9. The first-order chi connectivity index (χ1) is 13.5. The molecule has 3 rings (SSSR count). The van der Waals surface area contributed by atoms with Crippen LogP contribution in [-0.2, 0) is 20.7 Å². The molecule has 0 heterocycles. The molecule has 0 N–H and O–H groups in total. The van der Waals surface area contributed by atoms with Gasteiger partial charge in [0.1, 0.15) is 0 Å². The third-order valence-electron chi connectivity index (χ3n) is 4.12. The largest absolute Gasteiger partial charge is 0.288 e. The van der Waals surface area contributed by atoms with E-state index in [1.54, 1.807) is 24.3 Å². The lowest BCUT2D eigenvalue weighted by Gasteiger charge is -2.12. The van der Waals surface area contributed by atoms with Gasteiger partial charge in [-0.05, 0) is 54.0 Å². The van der Waals surface area contributed by atoms with Gasteiger partial charge in [0.25, 0.3) is 10.0 Å². The fourth-order valence-electron chi connectivity index (χ4n) is 2.56. The maximum Gasteiger partial charge on any atom is 0.288 e. The molecule has 0 aliphatic heterocycles. The zero-order valence-corrected chi connectivity index (χ0v) is 18.1. The number of hydrogen-bond acceptors (Lipinski definition) is 2. The van der Waals surface area contributed by atoms with Gasteiger partial charge in [-0.1, -0.05) is 60.0 Å². The second kappa shape index (κ2) is 9.45. The van der Waals surface area contributed by atoms with E-state index in [-0.39, 0.29) is 15.4 Å². The molecule has 0 bridgehead atoms. The van der Waals surface area contributed by atoms with Crippen LogP contribution in [0.3, 0.4) is 0 Å². The molecule has 6 heteroatoms. The molecule has 0 fully saturated rings. The second-order valence-electron chi connectivity index (χ2n) is 6.25. The highest BCUT2D eigenvalue weighted by Crippen LogP contribution is 2.25. The lowest BCUT2D eigenvalue weighted by Crippen LogP contribution is -2.06. The zero-order chi connectivity index (χ0) is 20.0. The number of benzene rings is 3. The van der Waals surface area contributed by atoms with Gasteiger partial charge in [-0.3, -0.25) is 0 Å². The van der Waals surface area contributed by atoms with E-state index in [4.69, 9.17) is 0 Å². The molecule has 0 amide bonds. The molecule has 146 valence electrons. The van der Waals surface area contributed by atoms with Gasteiger partial charge in [-0.25, -0.2) is 0 Å². The van der Waals surface area contributed by atoms with Crippen molar-refractivity contribution in [3.8, 4) is 0 Å². The average Bonchev–Trinajstić information content (AvgIpc) is 2.72. The first-order valence-corrected chi connectivity index (χ1v) is 13.2. The van der Waals surface area contributed by atoms with Crippen molar-refractivity contribution in [1.29, 1.82) is 0 Å². The van der Waals surface area contributed by atoms with Crippen molar-refractivity contribution in [3.05, 3.63) is 90.5 Å². The maximum atomic E-state index is 12.9. The molecular formula is C22H23NO2S3. The van der Waals surface area contributed by atoms with Crippen LogP contribution in [0.25, 0.3) is 0 Å². The summed E-state index contributed by atoms with van der Waals surface area (Å²) in [6.07, 6.45) is 0. The van der Waals surface area contributed by atoms with E-state index >= 15 is 0 Å². The Morgan fingerprint density at radius 2 is 1.32 bits per heavy atom. The van der Waals surface area contributed by atoms with Crippen LogP contribution in [0.5, 0.6) is 0 Å². The van der Waals surface area contributed by atoms with Crippen molar-refractivity contribution in [1.82, 2.24) is 0 Å². The summed E-state index contributed by atoms with van der Waals surface area (Å²) in [5, 5.41) is 0. The van der Waals surface area contributed by atoms with Gasteiger partial charge in [-0.2, -0.15) is 18.9 Å². The Kier molecular flexibility index (Phi) is 6.99. The van der Waals surface area contributed by atoms with Crippen molar-refractivity contribution >= 4 is 37.1 Å². The highest BCUT2D eigenvalue weighted by atomic mass is 32.3. The summed E-state index contributed by atoms with van der Waals surface area (Å²) in [4.78, 5) is 2.35. The van der Waals surface area contributed by atoms with Crippen LogP contribution in [0.15, 0.2) is 103 Å². The van der Waals surface area contributed by atoms with E-state index in [0.717, 1.165) is 16.2 Å². The molecule has 3 aromatic carbocycles. The minimum absolute atomic E-state index is 0.202. The van der Waals surface area contributed by atoms with Crippen LogP contribution in [0, 0.1) is 6.92 Å². The van der Waals surface area contributed by atoms with Crippen LogP contribution in [0.1, 0.15) is 5.56 Å². The Labute approximate surface area is 172 Å². The third kappa shape index (κ3) is 5.50. The Hall–Kier alpha value is -2.02. The van der Waals surface area contributed by atoms with E-state index in [2.05, 4.69) is 21.8 Å². The van der Waals surface area contributed by atoms with E-state index in [1.165, 1.54) is 4.90 Å². The van der Waals surface area contributed by atoms with Gasteiger partial charge >= 0.3 is 0 Å². The van der Waals surface area contributed by atoms with E-state index in [0.29, 0.717) is 5.75 Å². The quantitative estimate of drug-likeness (QED) is 0.478. The molecule has 0 saturated carbocycles. The predicted molar refractivity (Wildman–Crippen MR) is 122 cm³/mol. The molecular weight excluding hydrogens is 406 g/mol. The highest BCUT2D eigenvalue weighted by molar-refractivity contribution is 8.14. The molecule has 0 radical (unpaired) electrons. The van der Waals surface area contributed by atoms with Crippen LogP contribution in [0.2, 0.25) is 0 Å². The molecule has 3 aromatic rings. The number of sulfonamides is 1. The summed E-state index contributed by atoms with van der Waals surface area (Å²) in [5.41, 5.74) is 1.02. The smallest absolute Gasteiger partial charge is 0.199 e. The fourth-order valence-corrected chi connectivity index (χ4v) is 7.89. The predicted octanol–water partition coefficient (Wildman–Crippen LogP) is 5.30. The average molecular weight is 430 g/mol. The van der Waals surface area contributed by atoms with Crippen LogP contribution < -0.4 is 0 Å². The monoisotopic (exact) mass is 429 g/mol. The molecule has 0 aliphatic rings. The third-order valence-corrected chi connectivity index (χ3v) is 9.80. The first-order valence-electron chi connectivity index (χ1n) is 8.82. The Balaban J connectivity index is 1.90. The van der Waals surface area contributed by atoms with Crippen molar-refractivity contribution < 1.29 is 8.42 Å². The summed E-state index contributed by atoms with van der Waals surface area (Å²) in [6, 6.07) is 26.6. The molecule has 28 heavy (non-hydrogen) atoms. The molecule has 3 nitrogen and oxygen atoms in total. The summed E-state index contributed by atoms with van der Waals surface area (Å²) in [5.74, 6) is 5.72. The van der Waals surface area contributed by atoms with Crippen molar-refractivity contribution in [2.24, 2.45) is 3.77 Å². The van der Waals surface area contributed by atoms with E-state index < -0.39 is 20.7 Å². The minimum Gasteiger partial charge on any atom is -0.199 e. The molecule has 2 unspecified atom stereocenters. The summed E-state index contributed by atoms with van der Waals surface area (Å²) in [7, 11) is -4.67. The topological polar surface area (TPSA) is 46.5 Å². The highest BCUT2D eigenvalue weighted by Gasteiger charge is 2.15. The normalized spacial score (nSPS) is 13.9. The van der Waals surface area contributed by atoms with Gasteiger partial charge in [0, 0.05) is 21.3 Å². The Morgan fingerprint density at radius 3 is 1.89 bits per heavy atom.